The summed E-state index contributed by atoms with van der Waals surface area (Å²) in [5.41, 5.74) is 5.74. The van der Waals surface area contributed by atoms with Gasteiger partial charge < -0.3 is 15.4 Å². The van der Waals surface area contributed by atoms with Crippen molar-refractivity contribution in [3.8, 4) is 5.75 Å². The van der Waals surface area contributed by atoms with Gasteiger partial charge in [-0.05, 0) is 61.1 Å². The highest BCUT2D eigenvalue weighted by molar-refractivity contribution is 5.93. The van der Waals surface area contributed by atoms with Gasteiger partial charge >= 0.3 is 0 Å². The maximum absolute atomic E-state index is 12.7. The number of amides is 1. The summed E-state index contributed by atoms with van der Waals surface area (Å²) >= 11 is 0. The quantitative estimate of drug-likeness (QED) is 0.502. The Bertz CT molecular complexity index is 1060. The fourth-order valence-electron chi connectivity index (χ4n) is 3.32. The molecule has 31 heavy (non-hydrogen) atoms. The lowest BCUT2D eigenvalue weighted by Gasteiger charge is -2.16. The molecule has 0 spiro atoms. The average Bonchev–Trinajstić information content (AvgIpc) is 2.72. The number of hydrogen-bond acceptors (Lipinski definition) is 5. The van der Waals surface area contributed by atoms with E-state index in [1.165, 1.54) is 6.33 Å². The minimum absolute atomic E-state index is 0.0465. The van der Waals surface area contributed by atoms with Crippen LogP contribution in [0, 0.1) is 13.8 Å². The largest absolute Gasteiger partial charge is 0.483 e. The Morgan fingerprint density at radius 2 is 1.87 bits per heavy atom. The minimum atomic E-state index is -0.194. The fraction of sp³-hybridized carbons (Fsp3) is 0.320. The molecule has 0 aliphatic heterocycles. The van der Waals surface area contributed by atoms with E-state index in [9.17, 15) is 4.79 Å². The van der Waals surface area contributed by atoms with Gasteiger partial charge in [0, 0.05) is 23.1 Å². The first-order valence-electron chi connectivity index (χ1n) is 10.6. The lowest BCUT2D eigenvalue weighted by molar-refractivity contribution is -0.118. The molecule has 1 aromatic heterocycles. The van der Waals surface area contributed by atoms with Crippen LogP contribution >= 0.6 is 0 Å². The lowest BCUT2D eigenvalue weighted by atomic mass is 10.0. The first-order chi connectivity index (χ1) is 14.9. The highest BCUT2D eigenvalue weighted by atomic mass is 16.5. The summed E-state index contributed by atoms with van der Waals surface area (Å²) < 4.78 is 5.88. The topological polar surface area (TPSA) is 76.1 Å². The number of nitrogens with one attached hydrogen (secondary N) is 2. The molecular weight excluding hydrogens is 388 g/mol. The maximum Gasteiger partial charge on any atom is 0.262 e. The zero-order chi connectivity index (χ0) is 22.4. The van der Waals surface area contributed by atoms with Crippen molar-refractivity contribution in [2.75, 3.05) is 17.2 Å². The van der Waals surface area contributed by atoms with E-state index in [0.29, 0.717) is 11.7 Å². The molecule has 6 nitrogen and oxygen atoms in total. The molecule has 0 unspecified atom stereocenters. The Labute approximate surface area is 184 Å². The van der Waals surface area contributed by atoms with E-state index in [0.717, 1.165) is 45.9 Å². The molecule has 0 saturated carbocycles. The summed E-state index contributed by atoms with van der Waals surface area (Å²) in [5.74, 6) is 1.59. The zero-order valence-corrected chi connectivity index (χ0v) is 18.8. The lowest BCUT2D eigenvalue weighted by Crippen LogP contribution is -2.21. The van der Waals surface area contributed by atoms with Gasteiger partial charge in [0.05, 0.1) is 0 Å². The molecule has 0 aliphatic rings. The van der Waals surface area contributed by atoms with Gasteiger partial charge in [0.15, 0.2) is 6.61 Å². The minimum Gasteiger partial charge on any atom is -0.483 e. The van der Waals surface area contributed by atoms with Crippen LogP contribution in [-0.4, -0.2) is 22.5 Å². The van der Waals surface area contributed by atoms with Crippen LogP contribution in [0.1, 0.15) is 49.1 Å². The number of rotatable bonds is 8. The number of ether oxygens (including phenoxy) is 1. The van der Waals surface area contributed by atoms with Gasteiger partial charge in [-0.2, -0.15) is 0 Å². The van der Waals surface area contributed by atoms with Gasteiger partial charge in [-0.1, -0.05) is 39.0 Å². The van der Waals surface area contributed by atoms with Gasteiger partial charge in [0.1, 0.15) is 17.9 Å². The molecule has 3 rings (SSSR count). The summed E-state index contributed by atoms with van der Waals surface area (Å²) in [7, 11) is 0. The van der Waals surface area contributed by atoms with Crippen LogP contribution < -0.4 is 15.4 Å². The highest BCUT2D eigenvalue weighted by Crippen LogP contribution is 2.28. The van der Waals surface area contributed by atoms with Crippen LogP contribution in [0.3, 0.4) is 0 Å². The molecule has 3 aromatic rings. The molecule has 0 bridgehead atoms. The third-order valence-corrected chi connectivity index (χ3v) is 4.99. The molecule has 162 valence electrons. The average molecular weight is 419 g/mol. The van der Waals surface area contributed by atoms with Crippen LogP contribution in [0.25, 0.3) is 0 Å². The van der Waals surface area contributed by atoms with Gasteiger partial charge in [-0.25, -0.2) is 9.97 Å². The molecule has 6 heteroatoms. The van der Waals surface area contributed by atoms with Crippen LogP contribution in [-0.2, 0) is 11.2 Å². The number of nitrogens with zero attached hydrogens (tertiary/aromatic N) is 2. The molecule has 0 saturated heterocycles. The molecule has 2 aromatic carbocycles. The van der Waals surface area contributed by atoms with E-state index in [2.05, 4.69) is 53.5 Å². The van der Waals surface area contributed by atoms with Crippen molar-refractivity contribution in [2.24, 2.45) is 0 Å². The zero-order valence-electron chi connectivity index (χ0n) is 18.8. The Morgan fingerprint density at radius 1 is 1.06 bits per heavy atom. The number of anilines is 3. The van der Waals surface area contributed by atoms with Crippen molar-refractivity contribution in [1.82, 2.24) is 9.97 Å². The van der Waals surface area contributed by atoms with Crippen molar-refractivity contribution in [3.05, 3.63) is 71.2 Å². The summed E-state index contributed by atoms with van der Waals surface area (Å²) in [4.78, 5) is 21.0. The van der Waals surface area contributed by atoms with Gasteiger partial charge in [0.2, 0.25) is 0 Å². The Kier molecular flexibility index (Phi) is 7.23. The molecule has 0 radical (unpaired) electrons. The van der Waals surface area contributed by atoms with E-state index < -0.39 is 0 Å². The van der Waals surface area contributed by atoms with E-state index in [1.807, 2.05) is 44.2 Å². The predicted octanol–water partition coefficient (Wildman–Crippen LogP) is 5.54. The molecular formula is C25H30N4O2. The Balaban J connectivity index is 1.71. The number of aromatic nitrogens is 2. The molecule has 0 atom stereocenters. The van der Waals surface area contributed by atoms with Crippen molar-refractivity contribution in [1.29, 1.82) is 0 Å². The summed E-state index contributed by atoms with van der Waals surface area (Å²) in [6, 6.07) is 13.9. The number of carbonyl (C=O) groups is 1. The first kappa shape index (κ1) is 22.3. The van der Waals surface area contributed by atoms with Crippen LogP contribution in [0.15, 0.2) is 48.8 Å². The predicted molar refractivity (Wildman–Crippen MR) is 125 cm³/mol. The SMILES string of the molecule is CCc1ccc(Nc2cc(C)ncn2)cc1NC(=O)COc1cc(C)ccc1C(C)C. The van der Waals surface area contributed by atoms with E-state index in [1.54, 1.807) is 0 Å². The van der Waals surface area contributed by atoms with Crippen molar-refractivity contribution < 1.29 is 9.53 Å². The fourth-order valence-corrected chi connectivity index (χ4v) is 3.32. The molecule has 0 aliphatic carbocycles. The maximum atomic E-state index is 12.7. The molecule has 1 amide bonds. The second-order valence-corrected chi connectivity index (χ2v) is 7.93. The monoisotopic (exact) mass is 418 g/mol. The van der Waals surface area contributed by atoms with Crippen LogP contribution in [0.5, 0.6) is 5.75 Å². The Morgan fingerprint density at radius 3 is 2.58 bits per heavy atom. The number of hydrogen-bond donors (Lipinski definition) is 2. The number of carbonyl (C=O) groups excluding carboxylic acids is 1. The van der Waals surface area contributed by atoms with Gasteiger partial charge in [-0.15, -0.1) is 0 Å². The second kappa shape index (κ2) is 10.1. The molecule has 0 fully saturated rings. The van der Waals surface area contributed by atoms with Crippen LogP contribution in [0.2, 0.25) is 0 Å². The van der Waals surface area contributed by atoms with Crippen molar-refractivity contribution in [2.45, 2.75) is 47.0 Å². The summed E-state index contributed by atoms with van der Waals surface area (Å²) in [6.07, 6.45) is 2.33. The standard InChI is InChI=1S/C25H30N4O2/c1-6-19-8-9-20(28-24-12-18(5)26-15-27-24)13-22(19)29-25(30)14-31-23-11-17(4)7-10-21(23)16(2)3/h7-13,15-16H,6,14H2,1-5H3,(H,29,30)(H,26,27,28). The van der Waals surface area contributed by atoms with E-state index >= 15 is 0 Å². The number of aryl methyl sites for hydroxylation is 3. The second-order valence-electron chi connectivity index (χ2n) is 7.93. The van der Waals surface area contributed by atoms with Gasteiger partial charge in [0.25, 0.3) is 5.91 Å². The normalized spacial score (nSPS) is 10.8. The van der Waals surface area contributed by atoms with Crippen LogP contribution in [0.4, 0.5) is 17.2 Å². The van der Waals surface area contributed by atoms with Crippen molar-refractivity contribution >= 4 is 23.1 Å². The molecule has 1 heterocycles. The summed E-state index contributed by atoms with van der Waals surface area (Å²) in [5, 5.41) is 6.26. The third kappa shape index (κ3) is 6.04. The van der Waals surface area contributed by atoms with E-state index in [-0.39, 0.29) is 12.5 Å². The van der Waals surface area contributed by atoms with E-state index in [4.69, 9.17) is 4.74 Å². The van der Waals surface area contributed by atoms with Crippen molar-refractivity contribution in [3.63, 3.8) is 0 Å². The summed E-state index contributed by atoms with van der Waals surface area (Å²) in [6.45, 7) is 10.2. The molecule has 2 N–H and O–H groups in total. The third-order valence-electron chi connectivity index (χ3n) is 4.99. The Hall–Kier alpha value is -3.41. The van der Waals surface area contributed by atoms with Gasteiger partial charge in [-0.3, -0.25) is 4.79 Å². The first-order valence-corrected chi connectivity index (χ1v) is 10.6. The smallest absolute Gasteiger partial charge is 0.262 e. The number of benzene rings is 2. The highest BCUT2D eigenvalue weighted by Gasteiger charge is 2.12.